The molecule has 3 N–H and O–H groups in total. The van der Waals surface area contributed by atoms with Crippen molar-refractivity contribution in [3.8, 4) is 0 Å². The van der Waals surface area contributed by atoms with Gasteiger partial charge in [-0.1, -0.05) is 26.0 Å². The fourth-order valence-corrected chi connectivity index (χ4v) is 3.01. The summed E-state index contributed by atoms with van der Waals surface area (Å²) in [4.78, 5) is 4.74. The summed E-state index contributed by atoms with van der Waals surface area (Å²) in [6.45, 7) is 6.02. The first-order chi connectivity index (χ1) is 10.2. The lowest BCUT2D eigenvalue weighted by atomic mass is 9.88. The zero-order valence-electron chi connectivity index (χ0n) is 13.1. The molecule has 0 fully saturated rings. The molecule has 1 heterocycles. The smallest absolute Gasteiger partial charge is 0.109 e. The van der Waals surface area contributed by atoms with Gasteiger partial charge in [-0.3, -0.25) is 0 Å². The lowest BCUT2D eigenvalue weighted by Crippen LogP contribution is -2.16. The summed E-state index contributed by atoms with van der Waals surface area (Å²) in [5.74, 6) is 2.36. The summed E-state index contributed by atoms with van der Waals surface area (Å²) >= 11 is 0. The first-order valence-corrected chi connectivity index (χ1v) is 7.92. The molecular weight excluding hydrogens is 262 g/mol. The van der Waals surface area contributed by atoms with Crippen molar-refractivity contribution >= 4 is 11.0 Å². The molecule has 0 bridgehead atoms. The third-order valence-electron chi connectivity index (χ3n) is 4.28. The molecule has 116 valence electrons. The minimum absolute atomic E-state index is 0.143. The highest BCUT2D eigenvalue weighted by atomic mass is 16.3. The number of nitrogens with two attached hydrogens (primary N) is 1. The Morgan fingerprint density at radius 2 is 2.00 bits per heavy atom. The van der Waals surface area contributed by atoms with Gasteiger partial charge in [-0.05, 0) is 43.4 Å². The summed E-state index contributed by atoms with van der Waals surface area (Å²) in [7, 11) is 0. The van der Waals surface area contributed by atoms with E-state index in [0.29, 0.717) is 18.4 Å². The van der Waals surface area contributed by atoms with E-state index in [1.54, 1.807) is 0 Å². The fraction of sp³-hybridized carbons (Fsp3) is 0.588. The average molecular weight is 289 g/mol. The van der Waals surface area contributed by atoms with Crippen LogP contribution in [0, 0.1) is 11.8 Å². The predicted octanol–water partition coefficient (Wildman–Crippen LogP) is 2.58. The minimum atomic E-state index is 0.143. The van der Waals surface area contributed by atoms with Gasteiger partial charge in [0.25, 0.3) is 0 Å². The Balaban J connectivity index is 2.18. The molecule has 21 heavy (non-hydrogen) atoms. The number of aromatic nitrogens is 2. The standard InChI is InChI=1S/C17H27N3O/c1-13(2)14(9-10-18)7-8-17-19-15-5-3-4-6-16(15)20(17)11-12-21/h3-6,13-14,21H,7-12,18H2,1-2H3. The molecule has 0 aliphatic heterocycles. The van der Waals surface area contributed by atoms with Gasteiger partial charge in [-0.25, -0.2) is 4.98 Å². The summed E-state index contributed by atoms with van der Waals surface area (Å²) < 4.78 is 2.15. The summed E-state index contributed by atoms with van der Waals surface area (Å²) in [5, 5.41) is 9.31. The van der Waals surface area contributed by atoms with Crippen molar-refractivity contribution in [2.45, 2.75) is 39.7 Å². The van der Waals surface area contributed by atoms with E-state index in [4.69, 9.17) is 10.7 Å². The predicted molar refractivity (Wildman–Crippen MR) is 87.1 cm³/mol. The molecule has 1 aromatic carbocycles. The number of benzene rings is 1. The Bertz CT molecular complexity index is 562. The number of hydrogen-bond donors (Lipinski definition) is 2. The van der Waals surface area contributed by atoms with Gasteiger partial charge >= 0.3 is 0 Å². The summed E-state index contributed by atoms with van der Waals surface area (Å²) in [5.41, 5.74) is 7.85. The lowest BCUT2D eigenvalue weighted by Gasteiger charge is -2.20. The molecule has 2 rings (SSSR count). The molecule has 0 aliphatic carbocycles. The second-order valence-corrected chi connectivity index (χ2v) is 6.01. The van der Waals surface area contributed by atoms with E-state index in [1.807, 2.05) is 18.2 Å². The zero-order chi connectivity index (χ0) is 15.2. The molecule has 0 spiro atoms. The SMILES string of the molecule is CC(C)C(CCN)CCc1nc2ccccc2n1CCO. The van der Waals surface area contributed by atoms with E-state index < -0.39 is 0 Å². The number of nitrogens with zero attached hydrogens (tertiary/aromatic N) is 2. The number of fused-ring (bicyclic) bond motifs is 1. The van der Waals surface area contributed by atoms with Crippen LogP contribution >= 0.6 is 0 Å². The Kier molecular flexibility index (Phi) is 5.76. The van der Waals surface area contributed by atoms with Crippen molar-refractivity contribution in [3.63, 3.8) is 0 Å². The van der Waals surface area contributed by atoms with E-state index in [1.165, 1.54) is 0 Å². The molecule has 0 amide bonds. The van der Waals surface area contributed by atoms with Crippen LogP contribution in [0.2, 0.25) is 0 Å². The van der Waals surface area contributed by atoms with Crippen LogP contribution in [0.1, 0.15) is 32.5 Å². The molecule has 2 aromatic rings. The van der Waals surface area contributed by atoms with Crippen LogP contribution in [0.4, 0.5) is 0 Å². The van der Waals surface area contributed by atoms with E-state index >= 15 is 0 Å². The van der Waals surface area contributed by atoms with Crippen molar-refractivity contribution in [2.24, 2.45) is 17.6 Å². The second kappa shape index (κ2) is 7.57. The third-order valence-corrected chi connectivity index (χ3v) is 4.28. The molecule has 4 heteroatoms. The molecule has 0 saturated carbocycles. The first-order valence-electron chi connectivity index (χ1n) is 7.92. The van der Waals surface area contributed by atoms with Crippen molar-refractivity contribution < 1.29 is 5.11 Å². The molecule has 4 nitrogen and oxygen atoms in total. The fourth-order valence-electron chi connectivity index (χ4n) is 3.01. The van der Waals surface area contributed by atoms with Crippen LogP contribution in [-0.2, 0) is 13.0 Å². The number of aliphatic hydroxyl groups excluding tert-OH is 1. The van der Waals surface area contributed by atoms with Gasteiger partial charge in [-0.2, -0.15) is 0 Å². The van der Waals surface area contributed by atoms with Crippen LogP contribution in [0.5, 0.6) is 0 Å². The van der Waals surface area contributed by atoms with Crippen LogP contribution < -0.4 is 5.73 Å². The van der Waals surface area contributed by atoms with Gasteiger partial charge in [0.2, 0.25) is 0 Å². The first kappa shape index (κ1) is 16.0. The maximum atomic E-state index is 9.31. The molecular formula is C17H27N3O. The van der Waals surface area contributed by atoms with Crippen molar-refractivity contribution in [1.29, 1.82) is 0 Å². The number of rotatable bonds is 8. The van der Waals surface area contributed by atoms with Crippen LogP contribution in [-0.4, -0.2) is 27.8 Å². The van der Waals surface area contributed by atoms with Crippen LogP contribution in [0.25, 0.3) is 11.0 Å². The van der Waals surface area contributed by atoms with Gasteiger partial charge in [0.1, 0.15) is 5.82 Å². The number of aliphatic hydroxyl groups is 1. The molecule has 0 saturated heterocycles. The lowest BCUT2D eigenvalue weighted by molar-refractivity contribution is 0.274. The number of hydrogen-bond acceptors (Lipinski definition) is 3. The van der Waals surface area contributed by atoms with Crippen LogP contribution in [0.15, 0.2) is 24.3 Å². The third kappa shape index (κ3) is 3.83. The van der Waals surface area contributed by atoms with E-state index in [0.717, 1.165) is 42.7 Å². The maximum absolute atomic E-state index is 9.31. The highest BCUT2D eigenvalue weighted by molar-refractivity contribution is 5.75. The molecule has 1 atom stereocenters. The van der Waals surface area contributed by atoms with Crippen molar-refractivity contribution in [3.05, 3.63) is 30.1 Å². The van der Waals surface area contributed by atoms with E-state index in [-0.39, 0.29) is 6.61 Å². The highest BCUT2D eigenvalue weighted by Crippen LogP contribution is 2.23. The highest BCUT2D eigenvalue weighted by Gasteiger charge is 2.15. The van der Waals surface area contributed by atoms with Gasteiger partial charge < -0.3 is 15.4 Å². The quantitative estimate of drug-likeness (QED) is 0.785. The van der Waals surface area contributed by atoms with Gasteiger partial charge in [0.05, 0.1) is 17.6 Å². The Morgan fingerprint density at radius 1 is 1.24 bits per heavy atom. The van der Waals surface area contributed by atoms with E-state index in [9.17, 15) is 5.11 Å². The van der Waals surface area contributed by atoms with Gasteiger partial charge in [0.15, 0.2) is 0 Å². The summed E-state index contributed by atoms with van der Waals surface area (Å²) in [6, 6.07) is 8.13. The molecule has 0 radical (unpaired) electrons. The van der Waals surface area contributed by atoms with Crippen molar-refractivity contribution in [1.82, 2.24) is 9.55 Å². The Labute approximate surface area is 127 Å². The summed E-state index contributed by atoms with van der Waals surface area (Å²) in [6.07, 6.45) is 3.11. The van der Waals surface area contributed by atoms with Gasteiger partial charge in [-0.15, -0.1) is 0 Å². The molecule has 0 aliphatic rings. The number of para-hydroxylation sites is 2. The Morgan fingerprint density at radius 3 is 2.67 bits per heavy atom. The Hall–Kier alpha value is -1.39. The monoisotopic (exact) mass is 289 g/mol. The minimum Gasteiger partial charge on any atom is -0.395 e. The molecule has 1 unspecified atom stereocenters. The topological polar surface area (TPSA) is 64.1 Å². The molecule has 1 aromatic heterocycles. The average Bonchev–Trinajstić information content (AvgIpc) is 2.82. The largest absolute Gasteiger partial charge is 0.395 e. The number of aryl methyl sites for hydroxylation is 1. The van der Waals surface area contributed by atoms with Crippen molar-refractivity contribution in [2.75, 3.05) is 13.2 Å². The normalized spacial score (nSPS) is 13.2. The van der Waals surface area contributed by atoms with Crippen LogP contribution in [0.3, 0.4) is 0 Å². The number of imidazole rings is 1. The second-order valence-electron chi connectivity index (χ2n) is 6.01. The zero-order valence-corrected chi connectivity index (χ0v) is 13.1. The van der Waals surface area contributed by atoms with Gasteiger partial charge in [0, 0.05) is 13.0 Å². The van der Waals surface area contributed by atoms with E-state index in [2.05, 4.69) is 24.5 Å². The maximum Gasteiger partial charge on any atom is 0.109 e.